The molecule has 0 spiro atoms. The van der Waals surface area contributed by atoms with Gasteiger partial charge in [-0.05, 0) is 64.5 Å². The van der Waals surface area contributed by atoms with Crippen LogP contribution >= 0.6 is 0 Å². The van der Waals surface area contributed by atoms with Crippen molar-refractivity contribution < 1.29 is 0 Å². The molecular weight excluding hydrogens is 380 g/mol. The minimum atomic E-state index is 0.588. The number of hydrogen-bond acceptors (Lipinski definition) is 4. The zero-order chi connectivity index (χ0) is 22.5. The molecule has 0 amide bonds. The highest BCUT2D eigenvalue weighted by molar-refractivity contribution is 5.68. The highest BCUT2D eigenvalue weighted by atomic mass is 15.3. The van der Waals surface area contributed by atoms with Crippen LogP contribution in [-0.4, -0.2) is 29.1 Å². The van der Waals surface area contributed by atoms with Gasteiger partial charge in [0.2, 0.25) is 5.95 Å². The second-order valence-corrected chi connectivity index (χ2v) is 9.34. The molecule has 1 aliphatic heterocycles. The molecule has 3 rings (SSSR count). The first-order valence-electron chi connectivity index (χ1n) is 12.4. The summed E-state index contributed by atoms with van der Waals surface area (Å²) in [5.74, 6) is 2.07. The van der Waals surface area contributed by atoms with Crippen LogP contribution in [0.3, 0.4) is 0 Å². The van der Waals surface area contributed by atoms with Gasteiger partial charge in [0.05, 0.1) is 0 Å². The number of unbranched alkanes of at least 4 members (excludes halogenated alkanes) is 1. The molecule has 170 valence electrons. The fourth-order valence-corrected chi connectivity index (χ4v) is 5.26. The van der Waals surface area contributed by atoms with E-state index in [0.29, 0.717) is 6.04 Å². The molecule has 0 saturated carbocycles. The Bertz CT molecular complexity index is 860. The second-order valence-electron chi connectivity index (χ2n) is 9.34. The van der Waals surface area contributed by atoms with Crippen molar-refractivity contribution in [2.45, 2.75) is 99.5 Å². The molecular formula is C27H42N4. The maximum absolute atomic E-state index is 5.26. The van der Waals surface area contributed by atoms with Crippen molar-refractivity contribution in [3.05, 3.63) is 40.1 Å². The lowest BCUT2D eigenvalue weighted by Crippen LogP contribution is -2.34. The van der Waals surface area contributed by atoms with Gasteiger partial charge in [0.25, 0.3) is 0 Å². The van der Waals surface area contributed by atoms with Gasteiger partial charge in [0.1, 0.15) is 5.82 Å². The lowest BCUT2D eigenvalue weighted by atomic mass is 10.0. The predicted molar refractivity (Wildman–Crippen MR) is 134 cm³/mol. The van der Waals surface area contributed by atoms with E-state index in [2.05, 4.69) is 70.4 Å². The fourth-order valence-electron chi connectivity index (χ4n) is 5.26. The highest BCUT2D eigenvalue weighted by Gasteiger charge is 2.30. The number of benzene rings is 1. The maximum atomic E-state index is 5.26. The normalized spacial score (nSPS) is 13.2. The zero-order valence-electron chi connectivity index (χ0n) is 20.9. The van der Waals surface area contributed by atoms with Gasteiger partial charge >= 0.3 is 0 Å². The minimum absolute atomic E-state index is 0.588. The molecule has 0 N–H and O–H groups in total. The summed E-state index contributed by atoms with van der Waals surface area (Å²) in [6, 6.07) is 5.16. The van der Waals surface area contributed by atoms with Crippen LogP contribution in [0.5, 0.6) is 0 Å². The number of hydrogen-bond donors (Lipinski definition) is 0. The van der Waals surface area contributed by atoms with Crippen molar-refractivity contribution in [2.24, 2.45) is 0 Å². The Morgan fingerprint density at radius 3 is 2.16 bits per heavy atom. The number of nitrogens with zero attached hydrogens (tertiary/aromatic N) is 4. The van der Waals surface area contributed by atoms with Gasteiger partial charge in [0.15, 0.2) is 0 Å². The van der Waals surface area contributed by atoms with Crippen molar-refractivity contribution in [3.63, 3.8) is 0 Å². The van der Waals surface area contributed by atoms with E-state index in [0.717, 1.165) is 44.0 Å². The van der Waals surface area contributed by atoms with Crippen molar-refractivity contribution in [3.8, 4) is 0 Å². The monoisotopic (exact) mass is 422 g/mol. The summed E-state index contributed by atoms with van der Waals surface area (Å²) in [6.07, 6.45) is 8.27. The first-order valence-corrected chi connectivity index (χ1v) is 12.4. The van der Waals surface area contributed by atoms with Gasteiger partial charge in [-0.3, -0.25) is 0 Å². The molecule has 1 aromatic carbocycles. The summed E-state index contributed by atoms with van der Waals surface area (Å²) in [7, 11) is 0. The van der Waals surface area contributed by atoms with E-state index in [1.807, 2.05) is 0 Å². The average Bonchev–Trinajstić information content (AvgIpc) is 3.14. The summed E-state index contributed by atoms with van der Waals surface area (Å²) in [4.78, 5) is 15.3. The largest absolute Gasteiger partial charge is 0.353 e. The molecule has 0 radical (unpaired) electrons. The molecule has 31 heavy (non-hydrogen) atoms. The van der Waals surface area contributed by atoms with Crippen LogP contribution in [0.2, 0.25) is 0 Å². The molecule has 1 aromatic heterocycles. The number of fused-ring (bicyclic) bond motifs is 1. The first kappa shape index (κ1) is 23.6. The molecule has 2 aromatic rings. The molecule has 0 aliphatic carbocycles. The summed E-state index contributed by atoms with van der Waals surface area (Å²) < 4.78 is 0. The number of aryl methyl sites for hydroxylation is 4. The Kier molecular flexibility index (Phi) is 7.96. The molecule has 4 nitrogen and oxygen atoms in total. The van der Waals surface area contributed by atoms with E-state index in [-0.39, 0.29) is 0 Å². The summed E-state index contributed by atoms with van der Waals surface area (Å²) in [5, 5.41) is 0. The highest BCUT2D eigenvalue weighted by Crippen LogP contribution is 2.37. The van der Waals surface area contributed by atoms with Gasteiger partial charge in [0, 0.05) is 36.1 Å². The number of rotatable bonds is 10. The van der Waals surface area contributed by atoms with E-state index in [1.165, 1.54) is 59.4 Å². The van der Waals surface area contributed by atoms with E-state index in [1.54, 1.807) is 0 Å². The van der Waals surface area contributed by atoms with Crippen LogP contribution in [-0.2, 0) is 6.42 Å². The molecule has 0 bridgehead atoms. The quantitative estimate of drug-likeness (QED) is 0.413. The van der Waals surface area contributed by atoms with Gasteiger partial charge in [-0.25, -0.2) is 4.98 Å². The van der Waals surface area contributed by atoms with E-state index >= 15 is 0 Å². The summed E-state index contributed by atoms with van der Waals surface area (Å²) in [6.45, 7) is 17.7. The third-order valence-corrected chi connectivity index (χ3v) is 6.62. The van der Waals surface area contributed by atoms with Gasteiger partial charge < -0.3 is 9.80 Å². The van der Waals surface area contributed by atoms with Gasteiger partial charge in [-0.1, -0.05) is 57.7 Å². The first-order chi connectivity index (χ1) is 14.9. The van der Waals surface area contributed by atoms with E-state index < -0.39 is 0 Å². The van der Waals surface area contributed by atoms with E-state index in [9.17, 15) is 0 Å². The number of aromatic nitrogens is 2. The third-order valence-electron chi connectivity index (χ3n) is 6.62. The summed E-state index contributed by atoms with van der Waals surface area (Å²) in [5.41, 5.74) is 7.71. The van der Waals surface area contributed by atoms with Crippen molar-refractivity contribution >= 4 is 17.5 Å². The van der Waals surface area contributed by atoms with Crippen LogP contribution < -0.4 is 9.80 Å². The van der Waals surface area contributed by atoms with Gasteiger partial charge in [-0.15, -0.1) is 0 Å². The number of anilines is 3. The predicted octanol–water partition coefficient (Wildman–Crippen LogP) is 6.98. The smallest absolute Gasteiger partial charge is 0.232 e. The van der Waals surface area contributed by atoms with Crippen molar-refractivity contribution in [1.29, 1.82) is 0 Å². The Morgan fingerprint density at radius 1 is 0.935 bits per heavy atom. The lowest BCUT2D eigenvalue weighted by molar-refractivity contribution is 0.511. The fraction of sp³-hybridized carbons (Fsp3) is 0.630. The van der Waals surface area contributed by atoms with Crippen LogP contribution in [0.1, 0.15) is 87.2 Å². The zero-order valence-corrected chi connectivity index (χ0v) is 20.9. The second kappa shape index (κ2) is 10.5. The molecule has 0 fully saturated rings. The lowest BCUT2D eigenvalue weighted by Gasteiger charge is -2.31. The van der Waals surface area contributed by atoms with Crippen molar-refractivity contribution in [2.75, 3.05) is 22.9 Å². The Hall–Kier alpha value is -2.10. The van der Waals surface area contributed by atoms with E-state index in [4.69, 9.17) is 9.97 Å². The minimum Gasteiger partial charge on any atom is -0.353 e. The third kappa shape index (κ3) is 5.05. The van der Waals surface area contributed by atoms with Crippen molar-refractivity contribution in [1.82, 2.24) is 9.97 Å². The molecule has 0 atom stereocenters. The topological polar surface area (TPSA) is 32.3 Å². The standard InChI is InChI=1S/C27H42N4/c1-8-11-15-31(25-20(5)17-19(4)18-21(25)6)27-28-22(7)24-14-16-30(26(24)29-27)23(12-9-2)13-10-3/h17-18,23H,8-16H2,1-7H3. The molecule has 0 saturated heterocycles. The maximum Gasteiger partial charge on any atom is 0.232 e. The Balaban J connectivity index is 2.08. The van der Waals surface area contributed by atoms with Gasteiger partial charge in [-0.2, -0.15) is 4.98 Å². The molecule has 1 aliphatic rings. The van der Waals surface area contributed by atoms with Crippen LogP contribution in [0.15, 0.2) is 12.1 Å². The Morgan fingerprint density at radius 2 is 1.58 bits per heavy atom. The molecule has 2 heterocycles. The average molecular weight is 423 g/mol. The summed E-state index contributed by atoms with van der Waals surface area (Å²) >= 11 is 0. The van der Waals surface area contributed by atoms with Crippen LogP contribution in [0.25, 0.3) is 0 Å². The molecule has 0 unspecified atom stereocenters. The van der Waals surface area contributed by atoms with Crippen LogP contribution in [0.4, 0.5) is 17.5 Å². The SMILES string of the molecule is CCCCN(c1nc(C)c2c(n1)N(C(CCC)CCC)CC2)c1c(C)cc(C)cc1C. The Labute approximate surface area is 190 Å². The molecule has 4 heteroatoms. The van der Waals surface area contributed by atoms with Crippen LogP contribution in [0, 0.1) is 27.7 Å².